The van der Waals surface area contributed by atoms with E-state index < -0.39 is 17.0 Å². The van der Waals surface area contributed by atoms with Crippen LogP contribution in [0.5, 0.6) is 0 Å². The number of hydrogen-bond donors (Lipinski definition) is 0. The molecule has 0 saturated heterocycles. The molecule has 7 heteroatoms. The lowest BCUT2D eigenvalue weighted by molar-refractivity contribution is 0.241. The number of halogens is 2. The van der Waals surface area contributed by atoms with Gasteiger partial charge in [0.25, 0.3) is 0 Å². The summed E-state index contributed by atoms with van der Waals surface area (Å²) in [5.41, 5.74) is 2.31. The van der Waals surface area contributed by atoms with Gasteiger partial charge in [-0.15, -0.1) is 5.10 Å². The van der Waals surface area contributed by atoms with Crippen LogP contribution in [0.1, 0.15) is 56.0 Å². The van der Waals surface area contributed by atoms with Crippen LogP contribution in [0.15, 0.2) is 36.5 Å². The van der Waals surface area contributed by atoms with E-state index in [-0.39, 0.29) is 22.6 Å². The Hall–Kier alpha value is -3.14. The first-order valence-electron chi connectivity index (χ1n) is 10.1. The number of hydrogen-bond acceptors (Lipinski definition) is 4. The van der Waals surface area contributed by atoms with E-state index >= 15 is 0 Å². The molecule has 30 heavy (non-hydrogen) atoms. The number of nitrogens with zero attached hydrogens (tertiary/aromatic N) is 5. The van der Waals surface area contributed by atoms with Gasteiger partial charge in [-0.1, -0.05) is 19.9 Å². The minimum Gasteiger partial charge on any atom is -0.271 e. The van der Waals surface area contributed by atoms with Crippen LogP contribution in [0.25, 0.3) is 11.3 Å². The third-order valence-corrected chi connectivity index (χ3v) is 7.13. The van der Waals surface area contributed by atoms with Crippen LogP contribution in [0, 0.1) is 28.4 Å². The van der Waals surface area contributed by atoms with Crippen LogP contribution < -0.4 is 0 Å². The third-order valence-electron chi connectivity index (χ3n) is 7.13. The Labute approximate surface area is 173 Å². The standard InChI is InChI=1S/C23H21F2N5/c1-22(2)15-7-9-23(22,19-8-12-30(29-19)11-4-10-26)21-14(15)13-18(27-28-21)20-16(24)5-3-6-17(20)25/h3,5-6,8,12-13,15H,4,7,9,11H2,1-2H3/t15-,23+/m0/s1. The van der Waals surface area contributed by atoms with Crippen molar-refractivity contribution in [2.45, 2.75) is 51.0 Å². The zero-order valence-corrected chi connectivity index (χ0v) is 16.9. The van der Waals surface area contributed by atoms with E-state index in [2.05, 4.69) is 30.1 Å². The fourth-order valence-corrected chi connectivity index (χ4v) is 5.64. The summed E-state index contributed by atoms with van der Waals surface area (Å²) in [6.07, 6.45) is 4.15. The second-order valence-electron chi connectivity index (χ2n) is 8.72. The van der Waals surface area contributed by atoms with Crippen molar-refractivity contribution in [1.82, 2.24) is 20.0 Å². The molecule has 2 bridgehead atoms. The molecule has 0 amide bonds. The molecule has 0 spiro atoms. The minimum atomic E-state index is -0.641. The van der Waals surface area contributed by atoms with Crippen LogP contribution in [0.2, 0.25) is 0 Å². The van der Waals surface area contributed by atoms with Crippen molar-refractivity contribution in [3.63, 3.8) is 0 Å². The highest BCUT2D eigenvalue weighted by Crippen LogP contribution is 2.69. The monoisotopic (exact) mass is 405 g/mol. The summed E-state index contributed by atoms with van der Waals surface area (Å²) < 4.78 is 30.5. The van der Waals surface area contributed by atoms with Gasteiger partial charge in [0, 0.05) is 6.20 Å². The summed E-state index contributed by atoms with van der Waals surface area (Å²) in [6, 6.07) is 9.77. The Morgan fingerprint density at radius 1 is 1.20 bits per heavy atom. The minimum absolute atomic E-state index is 0.136. The molecule has 0 N–H and O–H groups in total. The maximum Gasteiger partial charge on any atom is 0.135 e. The number of aromatic nitrogens is 4. The van der Waals surface area contributed by atoms with Gasteiger partial charge in [0.15, 0.2) is 0 Å². The first kappa shape index (κ1) is 18.9. The zero-order chi connectivity index (χ0) is 21.1. The summed E-state index contributed by atoms with van der Waals surface area (Å²) in [7, 11) is 0. The summed E-state index contributed by atoms with van der Waals surface area (Å²) in [6.45, 7) is 4.97. The lowest BCUT2D eigenvalue weighted by Crippen LogP contribution is -2.37. The molecule has 2 aliphatic carbocycles. The van der Waals surface area contributed by atoms with Crippen LogP contribution in [0.4, 0.5) is 8.78 Å². The Bertz CT molecular complexity index is 1170. The average molecular weight is 405 g/mol. The molecule has 2 heterocycles. The maximum absolute atomic E-state index is 14.3. The molecular formula is C23H21F2N5. The number of benzene rings is 1. The van der Waals surface area contributed by atoms with Gasteiger partial charge in [0.1, 0.15) is 11.6 Å². The highest BCUT2D eigenvalue weighted by atomic mass is 19.1. The van der Waals surface area contributed by atoms with Gasteiger partial charge in [0.05, 0.1) is 47.1 Å². The van der Waals surface area contributed by atoms with Crippen molar-refractivity contribution in [3.8, 4) is 17.3 Å². The lowest BCUT2D eigenvalue weighted by atomic mass is 9.66. The largest absolute Gasteiger partial charge is 0.271 e. The molecule has 2 aromatic heterocycles. The Kier molecular flexibility index (Phi) is 4.04. The van der Waals surface area contributed by atoms with Crippen molar-refractivity contribution in [2.75, 3.05) is 0 Å². The molecule has 2 aliphatic rings. The summed E-state index contributed by atoms with van der Waals surface area (Å²) in [4.78, 5) is 0. The van der Waals surface area contributed by atoms with E-state index in [1.807, 2.05) is 18.3 Å². The first-order chi connectivity index (χ1) is 14.4. The van der Waals surface area contributed by atoms with Gasteiger partial charge in [-0.25, -0.2) is 8.78 Å². The average Bonchev–Trinajstić information content (AvgIpc) is 3.34. The molecule has 1 saturated carbocycles. The molecular weight excluding hydrogens is 384 g/mol. The van der Waals surface area contributed by atoms with Crippen molar-refractivity contribution >= 4 is 0 Å². The second kappa shape index (κ2) is 6.43. The molecule has 5 rings (SSSR count). The SMILES string of the molecule is CC1(C)[C@H]2CC[C@@]1(c1ccn(CCC#N)n1)c1nnc(-c3c(F)cccc3F)cc12. The van der Waals surface area contributed by atoms with Crippen molar-refractivity contribution in [1.29, 1.82) is 5.26 Å². The van der Waals surface area contributed by atoms with Gasteiger partial charge in [-0.2, -0.15) is 15.5 Å². The van der Waals surface area contributed by atoms with E-state index in [0.717, 1.165) is 29.8 Å². The predicted octanol–water partition coefficient (Wildman–Crippen LogP) is 4.74. The fourth-order valence-electron chi connectivity index (χ4n) is 5.64. The molecule has 0 radical (unpaired) electrons. The predicted molar refractivity (Wildman–Crippen MR) is 106 cm³/mol. The molecule has 0 aliphatic heterocycles. The molecule has 152 valence electrons. The Morgan fingerprint density at radius 2 is 1.97 bits per heavy atom. The number of aryl methyl sites for hydroxylation is 1. The van der Waals surface area contributed by atoms with Crippen LogP contribution in [-0.2, 0) is 12.0 Å². The molecule has 1 fully saturated rings. The topological polar surface area (TPSA) is 67.4 Å². The second-order valence-corrected chi connectivity index (χ2v) is 8.72. The van der Waals surface area contributed by atoms with E-state index in [1.165, 1.54) is 18.2 Å². The van der Waals surface area contributed by atoms with Gasteiger partial charge in [-0.05, 0) is 54.0 Å². The van der Waals surface area contributed by atoms with Crippen molar-refractivity contribution in [3.05, 3.63) is 65.1 Å². The van der Waals surface area contributed by atoms with Gasteiger partial charge >= 0.3 is 0 Å². The number of fused-ring (bicyclic) bond motifs is 5. The van der Waals surface area contributed by atoms with Crippen LogP contribution in [-0.4, -0.2) is 20.0 Å². The molecule has 2 atom stereocenters. The van der Waals surface area contributed by atoms with Gasteiger partial charge in [0.2, 0.25) is 0 Å². The quantitative estimate of drug-likeness (QED) is 0.629. The summed E-state index contributed by atoms with van der Waals surface area (Å²) >= 11 is 0. The highest BCUT2D eigenvalue weighted by molar-refractivity contribution is 5.64. The number of rotatable bonds is 4. The fraction of sp³-hybridized carbons (Fsp3) is 0.391. The van der Waals surface area contributed by atoms with Crippen LogP contribution in [0.3, 0.4) is 0 Å². The summed E-state index contributed by atoms with van der Waals surface area (Å²) in [5, 5.41) is 22.4. The van der Waals surface area contributed by atoms with E-state index in [9.17, 15) is 8.78 Å². The van der Waals surface area contributed by atoms with Crippen LogP contribution >= 0.6 is 0 Å². The summed E-state index contributed by atoms with van der Waals surface area (Å²) in [5.74, 6) is -1.07. The van der Waals surface area contributed by atoms with E-state index in [1.54, 1.807) is 4.68 Å². The normalized spacial score (nSPS) is 23.4. The molecule has 3 aromatic rings. The van der Waals surface area contributed by atoms with Crippen molar-refractivity contribution < 1.29 is 8.78 Å². The third kappa shape index (κ3) is 2.33. The smallest absolute Gasteiger partial charge is 0.135 e. The van der Waals surface area contributed by atoms with E-state index in [0.29, 0.717) is 13.0 Å². The Morgan fingerprint density at radius 3 is 2.70 bits per heavy atom. The zero-order valence-electron chi connectivity index (χ0n) is 16.9. The highest BCUT2D eigenvalue weighted by Gasteiger charge is 2.65. The van der Waals surface area contributed by atoms with Gasteiger partial charge < -0.3 is 0 Å². The van der Waals surface area contributed by atoms with E-state index in [4.69, 9.17) is 10.4 Å². The molecule has 5 nitrogen and oxygen atoms in total. The van der Waals surface area contributed by atoms with Gasteiger partial charge in [-0.3, -0.25) is 4.68 Å². The molecule has 1 aromatic carbocycles. The Balaban J connectivity index is 1.65. The number of nitriles is 1. The first-order valence-corrected chi connectivity index (χ1v) is 10.1. The maximum atomic E-state index is 14.3. The van der Waals surface area contributed by atoms with Crippen molar-refractivity contribution in [2.24, 2.45) is 5.41 Å². The lowest BCUT2D eigenvalue weighted by Gasteiger charge is -2.36. The molecule has 0 unspecified atom stereocenters.